The van der Waals surface area contributed by atoms with Crippen molar-refractivity contribution in [1.29, 1.82) is 0 Å². The summed E-state index contributed by atoms with van der Waals surface area (Å²) in [6.07, 6.45) is 0.524. The zero-order chi connectivity index (χ0) is 21.5. The molecule has 164 valence electrons. The van der Waals surface area contributed by atoms with Crippen molar-refractivity contribution in [1.82, 2.24) is 0 Å². The van der Waals surface area contributed by atoms with E-state index in [4.69, 9.17) is 14.2 Å². The third kappa shape index (κ3) is 2.56. The van der Waals surface area contributed by atoms with Gasteiger partial charge in [-0.05, 0) is 23.3 Å². The predicted molar refractivity (Wildman–Crippen MR) is 111 cm³/mol. The number of halogens is 1. The van der Waals surface area contributed by atoms with E-state index in [1.807, 2.05) is 30.3 Å². The number of anilines is 1. The van der Waals surface area contributed by atoms with Crippen molar-refractivity contribution >= 4 is 15.5 Å². The molecule has 7 unspecified atom stereocenters. The maximum Gasteiger partial charge on any atom is 0.177 e. The van der Waals surface area contributed by atoms with Crippen molar-refractivity contribution in [3.8, 4) is 0 Å². The minimum Gasteiger partial charge on any atom is -0.382 e. The van der Waals surface area contributed by atoms with Gasteiger partial charge in [-0.3, -0.25) is 0 Å². The Balaban J connectivity index is 1.51. The van der Waals surface area contributed by atoms with Crippen LogP contribution < -0.4 is 5.32 Å². The molecule has 0 radical (unpaired) electrons. The summed E-state index contributed by atoms with van der Waals surface area (Å²) >= 11 is 0. The van der Waals surface area contributed by atoms with Crippen LogP contribution in [0.4, 0.5) is 10.1 Å². The monoisotopic (exact) mass is 445 g/mol. The number of sulfone groups is 1. The molecule has 2 saturated heterocycles. The molecule has 0 amide bonds. The van der Waals surface area contributed by atoms with Gasteiger partial charge in [0.2, 0.25) is 0 Å². The molecule has 31 heavy (non-hydrogen) atoms. The van der Waals surface area contributed by atoms with E-state index in [9.17, 15) is 12.8 Å². The molecule has 3 aliphatic heterocycles. The highest BCUT2D eigenvalue weighted by Crippen LogP contribution is 2.72. The van der Waals surface area contributed by atoms with E-state index < -0.39 is 21.2 Å². The Labute approximate surface area is 180 Å². The SMILES string of the molecule is COCC1OC(c2ccccc2)C2C3c4cc(F)cc(S(C)(=O)=O)c4NC34COC1C24. The molecular weight excluding hydrogens is 421 g/mol. The highest BCUT2D eigenvalue weighted by molar-refractivity contribution is 7.90. The van der Waals surface area contributed by atoms with E-state index in [-0.39, 0.29) is 41.0 Å². The van der Waals surface area contributed by atoms with Gasteiger partial charge in [0.25, 0.3) is 0 Å². The van der Waals surface area contributed by atoms with Crippen LogP contribution in [0.2, 0.25) is 0 Å². The summed E-state index contributed by atoms with van der Waals surface area (Å²) in [4.78, 5) is 0.0112. The molecule has 1 saturated carbocycles. The first-order valence-electron chi connectivity index (χ1n) is 10.5. The number of rotatable bonds is 4. The van der Waals surface area contributed by atoms with Crippen LogP contribution in [0.5, 0.6) is 0 Å². The first-order chi connectivity index (χ1) is 14.8. The van der Waals surface area contributed by atoms with Gasteiger partial charge in [-0.15, -0.1) is 0 Å². The first kappa shape index (κ1) is 19.7. The second-order valence-corrected chi connectivity index (χ2v) is 11.1. The van der Waals surface area contributed by atoms with Gasteiger partial charge >= 0.3 is 0 Å². The predicted octanol–water partition coefficient (Wildman–Crippen LogP) is 2.91. The minimum atomic E-state index is -3.60. The number of hydrogen-bond donors (Lipinski definition) is 1. The van der Waals surface area contributed by atoms with Crippen molar-refractivity contribution in [3.63, 3.8) is 0 Å². The molecule has 3 heterocycles. The molecule has 8 heteroatoms. The molecule has 1 N–H and O–H groups in total. The summed E-state index contributed by atoms with van der Waals surface area (Å²) < 4.78 is 57.6. The molecule has 2 aromatic carbocycles. The normalized spacial score (nSPS) is 37.4. The molecule has 3 fully saturated rings. The molecular formula is C23H24FNO5S. The van der Waals surface area contributed by atoms with E-state index in [0.29, 0.717) is 24.5 Å². The Morgan fingerprint density at radius 2 is 2.03 bits per heavy atom. The number of benzene rings is 2. The number of methoxy groups -OCH3 is 1. The molecule has 1 aliphatic carbocycles. The lowest BCUT2D eigenvalue weighted by Gasteiger charge is -2.61. The van der Waals surface area contributed by atoms with Crippen LogP contribution in [-0.4, -0.2) is 52.7 Å². The molecule has 0 aromatic heterocycles. The highest BCUT2D eigenvalue weighted by Gasteiger charge is 2.76. The topological polar surface area (TPSA) is 73.9 Å². The van der Waals surface area contributed by atoms with Gasteiger partial charge in [0.1, 0.15) is 11.9 Å². The summed E-state index contributed by atoms with van der Waals surface area (Å²) in [7, 11) is -1.96. The summed E-state index contributed by atoms with van der Waals surface area (Å²) in [5, 5.41) is 3.51. The van der Waals surface area contributed by atoms with Crippen LogP contribution in [0.15, 0.2) is 47.4 Å². The van der Waals surface area contributed by atoms with Crippen molar-refractivity contribution in [2.45, 2.75) is 34.7 Å². The molecule has 6 nitrogen and oxygen atoms in total. The third-order valence-electron chi connectivity index (χ3n) is 7.50. The molecule has 2 aromatic rings. The summed E-state index contributed by atoms with van der Waals surface area (Å²) in [5.41, 5.74) is 1.83. The van der Waals surface area contributed by atoms with Crippen molar-refractivity contribution in [2.24, 2.45) is 11.8 Å². The maximum atomic E-state index is 14.6. The summed E-state index contributed by atoms with van der Waals surface area (Å²) in [5.74, 6) is -0.477. The fourth-order valence-electron chi connectivity index (χ4n) is 6.51. The van der Waals surface area contributed by atoms with Crippen molar-refractivity contribution in [3.05, 3.63) is 59.4 Å². The van der Waals surface area contributed by atoms with E-state index in [0.717, 1.165) is 17.9 Å². The van der Waals surface area contributed by atoms with Crippen molar-refractivity contribution < 1.29 is 27.0 Å². The average Bonchev–Trinajstić information content (AvgIpc) is 3.20. The van der Waals surface area contributed by atoms with Gasteiger partial charge < -0.3 is 19.5 Å². The Kier molecular flexibility index (Phi) is 4.13. The molecule has 7 atom stereocenters. The van der Waals surface area contributed by atoms with Crippen LogP contribution in [0.3, 0.4) is 0 Å². The van der Waals surface area contributed by atoms with E-state index in [2.05, 4.69) is 5.32 Å². The molecule has 4 aliphatic rings. The summed E-state index contributed by atoms with van der Waals surface area (Å²) in [6, 6.07) is 12.6. The van der Waals surface area contributed by atoms with E-state index in [1.54, 1.807) is 7.11 Å². The zero-order valence-corrected chi connectivity index (χ0v) is 18.1. The van der Waals surface area contributed by atoms with E-state index in [1.165, 1.54) is 6.07 Å². The fourth-order valence-corrected chi connectivity index (χ4v) is 7.37. The second kappa shape index (κ2) is 6.51. The molecule has 0 bridgehead atoms. The Hall–Kier alpha value is -2.00. The van der Waals surface area contributed by atoms with Gasteiger partial charge in [-0.2, -0.15) is 0 Å². The second-order valence-electron chi connectivity index (χ2n) is 9.12. The average molecular weight is 446 g/mol. The number of ether oxygens (including phenoxy) is 3. The van der Waals surface area contributed by atoms with Crippen LogP contribution in [0.25, 0.3) is 0 Å². The van der Waals surface area contributed by atoms with Crippen LogP contribution in [0, 0.1) is 17.7 Å². The zero-order valence-electron chi connectivity index (χ0n) is 17.2. The number of hydrogen-bond acceptors (Lipinski definition) is 6. The van der Waals surface area contributed by atoms with Gasteiger partial charge in [-0.25, -0.2) is 12.8 Å². The lowest BCUT2D eigenvalue weighted by atomic mass is 9.47. The standard InChI is InChI=1S/C23H24FNO5S/c1-28-10-15-22-19-17(21(30-15)12-6-4-3-5-7-12)18-14-8-13(24)9-16(31(2,26)27)20(14)25-23(18,19)11-29-22/h3-9,15,17-19,21-22,25H,10-11H2,1-2H3. The Morgan fingerprint density at radius 3 is 2.74 bits per heavy atom. The fraction of sp³-hybridized carbons (Fsp3) is 0.478. The van der Waals surface area contributed by atoms with Gasteiger partial charge in [0.05, 0.1) is 41.5 Å². The maximum absolute atomic E-state index is 14.6. The molecule has 1 spiro atoms. The minimum absolute atomic E-state index is 0.0112. The Morgan fingerprint density at radius 1 is 1.26 bits per heavy atom. The van der Waals surface area contributed by atoms with E-state index >= 15 is 0 Å². The third-order valence-corrected chi connectivity index (χ3v) is 8.63. The number of nitrogens with one attached hydrogen (secondary N) is 1. The van der Waals surface area contributed by atoms with Gasteiger partial charge in [-0.1, -0.05) is 30.3 Å². The highest BCUT2D eigenvalue weighted by atomic mass is 32.2. The van der Waals surface area contributed by atoms with Crippen LogP contribution in [-0.2, 0) is 24.0 Å². The lowest BCUT2D eigenvalue weighted by molar-refractivity contribution is -0.212. The molecule has 6 rings (SSSR count). The van der Waals surface area contributed by atoms with Gasteiger partial charge in [0, 0.05) is 31.1 Å². The van der Waals surface area contributed by atoms with Crippen molar-refractivity contribution in [2.75, 3.05) is 31.9 Å². The van der Waals surface area contributed by atoms with Crippen LogP contribution in [0.1, 0.15) is 23.1 Å². The number of fused-ring (bicyclic) bond motifs is 3. The van der Waals surface area contributed by atoms with Crippen LogP contribution >= 0.6 is 0 Å². The quantitative estimate of drug-likeness (QED) is 0.780. The smallest absolute Gasteiger partial charge is 0.177 e. The van der Waals surface area contributed by atoms with Gasteiger partial charge in [0.15, 0.2) is 9.84 Å². The Bertz CT molecular complexity index is 1160. The lowest BCUT2D eigenvalue weighted by Crippen LogP contribution is -2.68. The largest absolute Gasteiger partial charge is 0.382 e. The summed E-state index contributed by atoms with van der Waals surface area (Å²) in [6.45, 7) is 0.836. The first-order valence-corrected chi connectivity index (χ1v) is 12.4.